The predicted molar refractivity (Wildman–Crippen MR) is 64.1 cm³/mol. The molecule has 0 fully saturated rings. The number of thioether (sulfide) groups is 1. The highest BCUT2D eigenvalue weighted by Crippen LogP contribution is 2.11. The van der Waals surface area contributed by atoms with Crippen LogP contribution in [-0.2, 0) is 4.79 Å². The molecule has 0 saturated carbocycles. The lowest BCUT2D eigenvalue weighted by Gasteiger charge is -2.02. The van der Waals surface area contributed by atoms with Crippen LogP contribution in [0.25, 0.3) is 0 Å². The summed E-state index contributed by atoms with van der Waals surface area (Å²) in [5, 5.41) is 9.67. The molecular formula is C9H17N5OS. The number of anilines is 1. The van der Waals surface area contributed by atoms with Crippen molar-refractivity contribution in [1.82, 2.24) is 20.5 Å². The summed E-state index contributed by atoms with van der Waals surface area (Å²) in [6.07, 6.45) is 3.33. The number of carbonyl (C=O) groups is 1. The monoisotopic (exact) mass is 243 g/mol. The first-order chi connectivity index (χ1) is 7.72. The third-order valence-electron chi connectivity index (χ3n) is 1.92. The van der Waals surface area contributed by atoms with Gasteiger partial charge in [0.25, 0.3) is 0 Å². The van der Waals surface area contributed by atoms with E-state index in [1.165, 1.54) is 11.8 Å². The molecule has 0 spiro atoms. The highest BCUT2D eigenvalue weighted by molar-refractivity contribution is 7.99. The maximum absolute atomic E-state index is 11.4. The molecule has 6 nitrogen and oxygen atoms in total. The standard InChI is InChI=1S/C9H17N5OS/c1-2-3-4-5-11-7(15)6-16-9-12-8(10)13-14-9/h2-6H2,1H3,(H,11,15)(H3,10,12,13,14). The van der Waals surface area contributed by atoms with E-state index in [-0.39, 0.29) is 11.9 Å². The zero-order valence-corrected chi connectivity index (χ0v) is 10.1. The third kappa shape index (κ3) is 5.01. The van der Waals surface area contributed by atoms with E-state index in [2.05, 4.69) is 27.4 Å². The number of aromatic amines is 1. The maximum Gasteiger partial charge on any atom is 0.230 e. The van der Waals surface area contributed by atoms with E-state index in [0.717, 1.165) is 25.8 Å². The second-order valence-corrected chi connectivity index (χ2v) is 4.29. The number of amides is 1. The third-order valence-corrected chi connectivity index (χ3v) is 2.76. The van der Waals surface area contributed by atoms with Crippen LogP contribution in [0, 0.1) is 0 Å². The Labute approximate surface area is 98.8 Å². The Bertz CT molecular complexity index is 327. The SMILES string of the molecule is CCCCCNC(=O)CSc1n[nH]c(N)n1. The van der Waals surface area contributed by atoms with Gasteiger partial charge in [-0.15, -0.1) is 5.10 Å². The molecule has 1 aromatic heterocycles. The number of nitrogens with two attached hydrogens (primary N) is 1. The van der Waals surface area contributed by atoms with Gasteiger partial charge in [0.05, 0.1) is 5.75 Å². The summed E-state index contributed by atoms with van der Waals surface area (Å²) in [7, 11) is 0. The largest absolute Gasteiger partial charge is 0.368 e. The minimum atomic E-state index is 0.00414. The van der Waals surface area contributed by atoms with Crippen molar-refractivity contribution in [3.63, 3.8) is 0 Å². The minimum Gasteiger partial charge on any atom is -0.368 e. The molecule has 0 aromatic carbocycles. The molecule has 1 rings (SSSR count). The van der Waals surface area contributed by atoms with Crippen LogP contribution in [0.2, 0.25) is 0 Å². The normalized spacial score (nSPS) is 10.3. The summed E-state index contributed by atoms with van der Waals surface area (Å²) < 4.78 is 0. The zero-order valence-electron chi connectivity index (χ0n) is 9.32. The van der Waals surface area contributed by atoms with Crippen LogP contribution >= 0.6 is 11.8 Å². The smallest absolute Gasteiger partial charge is 0.230 e. The van der Waals surface area contributed by atoms with E-state index in [9.17, 15) is 4.79 Å². The fourth-order valence-corrected chi connectivity index (χ4v) is 1.74. The number of H-pyrrole nitrogens is 1. The Morgan fingerprint density at radius 1 is 1.56 bits per heavy atom. The van der Waals surface area contributed by atoms with Gasteiger partial charge in [-0.1, -0.05) is 31.5 Å². The molecule has 0 bridgehead atoms. The lowest BCUT2D eigenvalue weighted by molar-refractivity contribution is -0.118. The Hall–Kier alpha value is -1.24. The van der Waals surface area contributed by atoms with Gasteiger partial charge >= 0.3 is 0 Å². The minimum absolute atomic E-state index is 0.00414. The molecule has 7 heteroatoms. The van der Waals surface area contributed by atoms with E-state index >= 15 is 0 Å². The van der Waals surface area contributed by atoms with Gasteiger partial charge in [0, 0.05) is 6.54 Å². The molecule has 1 aromatic rings. The van der Waals surface area contributed by atoms with Crippen LogP contribution in [0.5, 0.6) is 0 Å². The van der Waals surface area contributed by atoms with Gasteiger partial charge in [-0.2, -0.15) is 4.98 Å². The van der Waals surface area contributed by atoms with Crippen molar-refractivity contribution >= 4 is 23.6 Å². The summed E-state index contributed by atoms with van der Waals surface area (Å²) in [5.41, 5.74) is 5.36. The van der Waals surface area contributed by atoms with Gasteiger partial charge in [0.15, 0.2) is 0 Å². The molecular weight excluding hydrogens is 226 g/mol. The number of nitrogens with one attached hydrogen (secondary N) is 2. The number of rotatable bonds is 7. The van der Waals surface area contributed by atoms with Gasteiger partial charge in [-0.3, -0.25) is 4.79 Å². The number of nitrogens with zero attached hydrogens (tertiary/aromatic N) is 2. The van der Waals surface area contributed by atoms with Crippen LogP contribution < -0.4 is 11.1 Å². The van der Waals surface area contributed by atoms with Gasteiger partial charge in [-0.25, -0.2) is 5.10 Å². The van der Waals surface area contributed by atoms with Gasteiger partial charge in [0.1, 0.15) is 0 Å². The molecule has 16 heavy (non-hydrogen) atoms. The second kappa shape index (κ2) is 7.10. The Morgan fingerprint density at radius 2 is 2.38 bits per heavy atom. The quantitative estimate of drug-likeness (QED) is 0.486. The summed E-state index contributed by atoms with van der Waals surface area (Å²) in [6, 6.07) is 0. The van der Waals surface area contributed by atoms with E-state index in [1.807, 2.05) is 0 Å². The molecule has 1 heterocycles. The van der Waals surface area contributed by atoms with Crippen molar-refractivity contribution in [1.29, 1.82) is 0 Å². The molecule has 0 radical (unpaired) electrons. The van der Waals surface area contributed by atoms with Gasteiger partial charge < -0.3 is 11.1 Å². The molecule has 0 saturated heterocycles. The molecule has 0 aliphatic heterocycles. The number of hydrogen-bond acceptors (Lipinski definition) is 5. The second-order valence-electron chi connectivity index (χ2n) is 3.35. The van der Waals surface area contributed by atoms with Crippen molar-refractivity contribution in [3.05, 3.63) is 0 Å². The molecule has 90 valence electrons. The Balaban J connectivity index is 2.10. The highest BCUT2D eigenvalue weighted by atomic mass is 32.2. The Morgan fingerprint density at radius 3 is 3.00 bits per heavy atom. The number of carbonyl (C=O) groups excluding carboxylic acids is 1. The lowest BCUT2D eigenvalue weighted by Crippen LogP contribution is -2.26. The van der Waals surface area contributed by atoms with Gasteiger partial charge in [-0.05, 0) is 6.42 Å². The van der Waals surface area contributed by atoms with E-state index in [4.69, 9.17) is 5.73 Å². The van der Waals surface area contributed by atoms with Crippen molar-refractivity contribution in [2.24, 2.45) is 0 Å². The number of nitrogen functional groups attached to an aromatic ring is 1. The molecule has 0 atom stereocenters. The lowest BCUT2D eigenvalue weighted by atomic mass is 10.2. The number of hydrogen-bond donors (Lipinski definition) is 3. The van der Waals surface area contributed by atoms with Gasteiger partial charge in [0.2, 0.25) is 17.0 Å². The van der Waals surface area contributed by atoms with Crippen LogP contribution in [0.15, 0.2) is 5.16 Å². The first kappa shape index (κ1) is 12.8. The van der Waals surface area contributed by atoms with Crippen LogP contribution in [0.1, 0.15) is 26.2 Å². The molecule has 0 unspecified atom stereocenters. The average Bonchev–Trinajstić information content (AvgIpc) is 2.68. The first-order valence-corrected chi connectivity index (χ1v) is 6.28. The molecule has 0 aliphatic rings. The van der Waals surface area contributed by atoms with E-state index in [1.54, 1.807) is 0 Å². The van der Waals surface area contributed by atoms with Crippen molar-refractivity contribution in [2.75, 3.05) is 18.0 Å². The van der Waals surface area contributed by atoms with Crippen molar-refractivity contribution in [2.45, 2.75) is 31.3 Å². The summed E-state index contributed by atoms with van der Waals surface area (Å²) in [5.74, 6) is 0.596. The van der Waals surface area contributed by atoms with E-state index < -0.39 is 0 Å². The first-order valence-electron chi connectivity index (χ1n) is 5.29. The zero-order chi connectivity index (χ0) is 11.8. The van der Waals surface area contributed by atoms with Crippen molar-refractivity contribution in [3.8, 4) is 0 Å². The molecule has 0 aliphatic carbocycles. The van der Waals surface area contributed by atoms with Crippen LogP contribution in [0.4, 0.5) is 5.95 Å². The van der Waals surface area contributed by atoms with Crippen molar-refractivity contribution < 1.29 is 4.79 Å². The molecule has 4 N–H and O–H groups in total. The topological polar surface area (TPSA) is 96.7 Å². The summed E-state index contributed by atoms with van der Waals surface area (Å²) >= 11 is 1.27. The summed E-state index contributed by atoms with van der Waals surface area (Å²) in [4.78, 5) is 15.2. The number of aromatic nitrogens is 3. The fourth-order valence-electron chi connectivity index (χ4n) is 1.11. The van der Waals surface area contributed by atoms with E-state index in [0.29, 0.717) is 10.9 Å². The number of unbranched alkanes of at least 4 members (excludes halogenated alkanes) is 2. The highest BCUT2D eigenvalue weighted by Gasteiger charge is 2.05. The van der Waals surface area contributed by atoms with Crippen LogP contribution in [0.3, 0.4) is 0 Å². The maximum atomic E-state index is 11.4. The Kier molecular flexibility index (Phi) is 5.69. The fraction of sp³-hybridized carbons (Fsp3) is 0.667. The summed E-state index contributed by atoms with van der Waals surface area (Å²) in [6.45, 7) is 2.87. The average molecular weight is 243 g/mol. The van der Waals surface area contributed by atoms with Crippen LogP contribution in [-0.4, -0.2) is 33.4 Å². The predicted octanol–water partition coefficient (Wildman–Crippen LogP) is 0.785. The molecule has 1 amide bonds.